The molecular formula is C16H35NO2. The van der Waals surface area contributed by atoms with Crippen LogP contribution in [0.2, 0.25) is 0 Å². The summed E-state index contributed by atoms with van der Waals surface area (Å²) in [6.45, 7) is 6.79. The van der Waals surface area contributed by atoms with E-state index in [1.807, 2.05) is 13.8 Å². The molecule has 116 valence electrons. The standard InChI is InChI=1S/C16H35NO2/c1-4-5-6-7-8-9-10-11-12-15(19)13-17-16(2,3)14-18/h15,17-19H,4-14H2,1-3H3. The predicted molar refractivity (Wildman–Crippen MR) is 82.4 cm³/mol. The summed E-state index contributed by atoms with van der Waals surface area (Å²) in [4.78, 5) is 0. The fourth-order valence-electron chi connectivity index (χ4n) is 2.07. The molecule has 0 amide bonds. The largest absolute Gasteiger partial charge is 0.394 e. The lowest BCUT2D eigenvalue weighted by Gasteiger charge is -2.25. The monoisotopic (exact) mass is 273 g/mol. The summed E-state index contributed by atoms with van der Waals surface area (Å²) in [7, 11) is 0. The SMILES string of the molecule is CCCCCCCCCCC(O)CNC(C)(C)CO. The maximum Gasteiger partial charge on any atom is 0.0664 e. The number of rotatable bonds is 13. The van der Waals surface area contributed by atoms with Crippen molar-refractivity contribution in [3.63, 3.8) is 0 Å². The first-order valence-electron chi connectivity index (χ1n) is 8.06. The summed E-state index contributed by atoms with van der Waals surface area (Å²) in [5, 5.41) is 22.1. The average Bonchev–Trinajstić information content (AvgIpc) is 2.39. The zero-order chi connectivity index (χ0) is 14.6. The Labute approximate surface area is 119 Å². The van der Waals surface area contributed by atoms with E-state index in [9.17, 15) is 5.11 Å². The number of aliphatic hydroxyl groups is 2. The average molecular weight is 273 g/mol. The Balaban J connectivity index is 3.32. The molecule has 1 atom stereocenters. The smallest absolute Gasteiger partial charge is 0.0664 e. The Morgan fingerprint density at radius 3 is 2.00 bits per heavy atom. The van der Waals surface area contributed by atoms with Crippen LogP contribution < -0.4 is 5.32 Å². The van der Waals surface area contributed by atoms with Crippen molar-refractivity contribution in [1.82, 2.24) is 5.32 Å². The molecule has 3 nitrogen and oxygen atoms in total. The molecule has 0 fully saturated rings. The van der Waals surface area contributed by atoms with E-state index in [0.29, 0.717) is 6.54 Å². The maximum atomic E-state index is 9.84. The topological polar surface area (TPSA) is 52.5 Å². The van der Waals surface area contributed by atoms with E-state index in [0.717, 1.165) is 12.8 Å². The van der Waals surface area contributed by atoms with Gasteiger partial charge in [0, 0.05) is 12.1 Å². The lowest BCUT2D eigenvalue weighted by molar-refractivity contribution is 0.127. The second-order valence-electron chi connectivity index (χ2n) is 6.34. The summed E-state index contributed by atoms with van der Waals surface area (Å²) in [5.41, 5.74) is -0.291. The van der Waals surface area contributed by atoms with E-state index in [1.54, 1.807) is 0 Å². The molecule has 0 rings (SSSR count). The van der Waals surface area contributed by atoms with Crippen molar-refractivity contribution < 1.29 is 10.2 Å². The molecule has 0 aromatic heterocycles. The van der Waals surface area contributed by atoms with Crippen molar-refractivity contribution in [3.8, 4) is 0 Å². The third kappa shape index (κ3) is 12.6. The van der Waals surface area contributed by atoms with Crippen LogP contribution in [0.15, 0.2) is 0 Å². The van der Waals surface area contributed by atoms with Gasteiger partial charge in [0.25, 0.3) is 0 Å². The third-order valence-electron chi connectivity index (χ3n) is 3.60. The zero-order valence-electron chi connectivity index (χ0n) is 13.2. The van der Waals surface area contributed by atoms with Crippen molar-refractivity contribution in [2.45, 2.75) is 90.2 Å². The van der Waals surface area contributed by atoms with E-state index < -0.39 is 0 Å². The highest BCUT2D eigenvalue weighted by Gasteiger charge is 2.16. The van der Waals surface area contributed by atoms with Gasteiger partial charge in [-0.15, -0.1) is 0 Å². The minimum Gasteiger partial charge on any atom is -0.394 e. The molecule has 0 aliphatic carbocycles. The molecule has 0 saturated carbocycles. The third-order valence-corrected chi connectivity index (χ3v) is 3.60. The molecule has 3 N–H and O–H groups in total. The quantitative estimate of drug-likeness (QED) is 0.452. The van der Waals surface area contributed by atoms with Gasteiger partial charge in [-0.25, -0.2) is 0 Å². The van der Waals surface area contributed by atoms with E-state index in [1.165, 1.54) is 44.9 Å². The highest BCUT2D eigenvalue weighted by atomic mass is 16.3. The van der Waals surface area contributed by atoms with E-state index in [-0.39, 0.29) is 18.2 Å². The number of hydrogen-bond donors (Lipinski definition) is 3. The van der Waals surface area contributed by atoms with E-state index in [2.05, 4.69) is 12.2 Å². The Hall–Kier alpha value is -0.120. The molecule has 0 bridgehead atoms. The minimum absolute atomic E-state index is 0.0947. The molecule has 0 aromatic rings. The van der Waals surface area contributed by atoms with E-state index in [4.69, 9.17) is 5.11 Å². The fraction of sp³-hybridized carbons (Fsp3) is 1.00. The lowest BCUT2D eigenvalue weighted by Crippen LogP contribution is -2.46. The molecule has 19 heavy (non-hydrogen) atoms. The van der Waals surface area contributed by atoms with Crippen LogP contribution in [0.1, 0.15) is 78.6 Å². The second kappa shape index (κ2) is 11.7. The van der Waals surface area contributed by atoms with Gasteiger partial charge in [-0.1, -0.05) is 58.3 Å². The molecule has 0 radical (unpaired) electrons. The van der Waals surface area contributed by atoms with Gasteiger partial charge in [0.05, 0.1) is 12.7 Å². The Morgan fingerprint density at radius 2 is 1.47 bits per heavy atom. The lowest BCUT2D eigenvalue weighted by atomic mass is 10.0. The fourth-order valence-corrected chi connectivity index (χ4v) is 2.07. The Bertz CT molecular complexity index is 195. The Morgan fingerprint density at radius 1 is 0.947 bits per heavy atom. The van der Waals surface area contributed by atoms with Crippen LogP contribution in [0.4, 0.5) is 0 Å². The van der Waals surface area contributed by atoms with Gasteiger partial charge in [-0.05, 0) is 20.3 Å². The van der Waals surface area contributed by atoms with Crippen LogP contribution in [-0.4, -0.2) is 35.0 Å². The van der Waals surface area contributed by atoms with Crippen molar-refractivity contribution in [2.24, 2.45) is 0 Å². The summed E-state index contributed by atoms with van der Waals surface area (Å²) in [5.74, 6) is 0. The number of aliphatic hydroxyl groups excluding tert-OH is 2. The van der Waals surface area contributed by atoms with Crippen molar-refractivity contribution in [2.75, 3.05) is 13.2 Å². The Kier molecular flexibility index (Phi) is 11.6. The second-order valence-corrected chi connectivity index (χ2v) is 6.34. The van der Waals surface area contributed by atoms with Crippen LogP contribution >= 0.6 is 0 Å². The molecule has 0 aliphatic rings. The van der Waals surface area contributed by atoms with Gasteiger partial charge in [0.2, 0.25) is 0 Å². The van der Waals surface area contributed by atoms with Crippen LogP contribution in [0.5, 0.6) is 0 Å². The molecule has 1 unspecified atom stereocenters. The van der Waals surface area contributed by atoms with Crippen molar-refractivity contribution in [3.05, 3.63) is 0 Å². The summed E-state index contributed by atoms with van der Waals surface area (Å²) >= 11 is 0. The van der Waals surface area contributed by atoms with Crippen LogP contribution in [-0.2, 0) is 0 Å². The highest BCUT2D eigenvalue weighted by Crippen LogP contribution is 2.11. The molecule has 0 aliphatic heterocycles. The first-order chi connectivity index (χ1) is 9.02. The molecule has 0 heterocycles. The zero-order valence-corrected chi connectivity index (χ0v) is 13.2. The molecule has 0 aromatic carbocycles. The molecular weight excluding hydrogens is 238 g/mol. The summed E-state index contributed by atoms with van der Waals surface area (Å²) in [6.07, 6.45) is 11.0. The van der Waals surface area contributed by atoms with Crippen molar-refractivity contribution >= 4 is 0 Å². The summed E-state index contributed by atoms with van der Waals surface area (Å²) in [6, 6.07) is 0. The maximum absolute atomic E-state index is 9.84. The van der Waals surface area contributed by atoms with Gasteiger partial charge in [-0.3, -0.25) is 0 Å². The van der Waals surface area contributed by atoms with Gasteiger partial charge < -0.3 is 15.5 Å². The predicted octanol–water partition coefficient (Wildman–Crippen LogP) is 3.24. The summed E-state index contributed by atoms with van der Waals surface area (Å²) < 4.78 is 0. The molecule has 3 heteroatoms. The minimum atomic E-state index is -0.291. The van der Waals surface area contributed by atoms with Gasteiger partial charge >= 0.3 is 0 Å². The van der Waals surface area contributed by atoms with Crippen LogP contribution in [0.25, 0.3) is 0 Å². The van der Waals surface area contributed by atoms with Crippen molar-refractivity contribution in [1.29, 1.82) is 0 Å². The van der Waals surface area contributed by atoms with Gasteiger partial charge in [-0.2, -0.15) is 0 Å². The number of hydrogen-bond acceptors (Lipinski definition) is 3. The van der Waals surface area contributed by atoms with Gasteiger partial charge in [0.1, 0.15) is 0 Å². The van der Waals surface area contributed by atoms with Crippen LogP contribution in [0.3, 0.4) is 0 Å². The van der Waals surface area contributed by atoms with E-state index >= 15 is 0 Å². The molecule has 0 spiro atoms. The highest BCUT2D eigenvalue weighted by molar-refractivity contribution is 4.77. The number of nitrogens with one attached hydrogen (secondary N) is 1. The first kappa shape index (κ1) is 18.9. The van der Waals surface area contributed by atoms with Crippen LogP contribution in [0, 0.1) is 0 Å². The van der Waals surface area contributed by atoms with Gasteiger partial charge in [0.15, 0.2) is 0 Å². The molecule has 0 saturated heterocycles. The number of β-amino-alcohol motifs (C(OH)–C–C–N with tert-alkyl or cyclic N) is 1. The first-order valence-corrected chi connectivity index (χ1v) is 8.06. The number of unbranched alkanes of at least 4 members (excludes halogenated alkanes) is 7. The normalized spacial score (nSPS) is 13.7.